The number of oxazole rings is 1. The van der Waals surface area contributed by atoms with Crippen molar-refractivity contribution in [3.8, 4) is 0 Å². The number of benzene rings is 1. The molecule has 0 atom stereocenters. The Labute approximate surface area is 92.8 Å². The summed E-state index contributed by atoms with van der Waals surface area (Å²) in [7, 11) is 0. The van der Waals surface area contributed by atoms with Crippen LogP contribution in [-0.2, 0) is 0 Å². The number of nitrogens with zero attached hydrogens (tertiary/aromatic N) is 3. The van der Waals surface area contributed by atoms with Crippen LogP contribution >= 0.6 is 0 Å². The fourth-order valence-corrected chi connectivity index (χ4v) is 1.81. The quantitative estimate of drug-likeness (QED) is 0.831. The summed E-state index contributed by atoms with van der Waals surface area (Å²) in [5.74, 6) is 0. The van der Waals surface area contributed by atoms with Crippen molar-refractivity contribution in [3.63, 3.8) is 0 Å². The molecule has 0 spiro atoms. The monoisotopic (exact) mass is 216 g/mol. The SMILES string of the molecule is Cc1c(NN2C=NCC2)ccc2ocnc12. The predicted molar refractivity (Wildman–Crippen MR) is 62.4 cm³/mol. The summed E-state index contributed by atoms with van der Waals surface area (Å²) in [6.45, 7) is 3.77. The van der Waals surface area contributed by atoms with Gasteiger partial charge in [-0.25, -0.2) is 4.98 Å². The highest BCUT2D eigenvalue weighted by Crippen LogP contribution is 2.24. The first-order valence-electron chi connectivity index (χ1n) is 5.20. The fourth-order valence-electron chi connectivity index (χ4n) is 1.81. The van der Waals surface area contributed by atoms with Crippen molar-refractivity contribution in [1.29, 1.82) is 0 Å². The van der Waals surface area contributed by atoms with E-state index in [2.05, 4.69) is 15.4 Å². The van der Waals surface area contributed by atoms with E-state index in [0.29, 0.717) is 0 Å². The van der Waals surface area contributed by atoms with Gasteiger partial charge in [0.25, 0.3) is 0 Å². The Morgan fingerprint density at radius 2 is 2.38 bits per heavy atom. The number of hydrogen-bond acceptors (Lipinski definition) is 5. The molecular formula is C11H12N4O. The van der Waals surface area contributed by atoms with Crippen LogP contribution in [0.4, 0.5) is 5.69 Å². The molecule has 0 fully saturated rings. The van der Waals surface area contributed by atoms with Crippen molar-refractivity contribution in [2.24, 2.45) is 4.99 Å². The van der Waals surface area contributed by atoms with E-state index >= 15 is 0 Å². The fraction of sp³-hybridized carbons (Fsp3) is 0.273. The van der Waals surface area contributed by atoms with Gasteiger partial charge in [-0.05, 0) is 19.1 Å². The Morgan fingerprint density at radius 3 is 3.19 bits per heavy atom. The van der Waals surface area contributed by atoms with Crippen molar-refractivity contribution < 1.29 is 4.42 Å². The zero-order valence-electron chi connectivity index (χ0n) is 8.97. The normalized spacial score (nSPS) is 14.9. The Balaban J connectivity index is 1.96. The third-order valence-electron chi connectivity index (χ3n) is 2.71. The predicted octanol–water partition coefficient (Wildman–Crippen LogP) is 1.81. The lowest BCUT2D eigenvalue weighted by Gasteiger charge is -2.18. The Morgan fingerprint density at radius 1 is 1.44 bits per heavy atom. The molecule has 0 radical (unpaired) electrons. The maximum Gasteiger partial charge on any atom is 0.181 e. The number of nitrogens with one attached hydrogen (secondary N) is 1. The Kier molecular flexibility index (Phi) is 2.02. The van der Waals surface area contributed by atoms with Gasteiger partial charge in [0.05, 0.1) is 18.8 Å². The highest BCUT2D eigenvalue weighted by atomic mass is 16.3. The minimum atomic E-state index is 0.818. The number of hydrogen-bond donors (Lipinski definition) is 1. The van der Waals surface area contributed by atoms with Crippen LogP contribution in [0.15, 0.2) is 27.9 Å². The number of anilines is 1. The number of aromatic nitrogens is 1. The van der Waals surface area contributed by atoms with E-state index in [-0.39, 0.29) is 0 Å². The number of rotatable bonds is 2. The molecule has 16 heavy (non-hydrogen) atoms. The molecule has 1 aliphatic rings. The molecule has 1 N–H and O–H groups in total. The molecule has 2 aromatic rings. The van der Waals surface area contributed by atoms with Crippen LogP contribution in [-0.4, -0.2) is 29.4 Å². The summed E-state index contributed by atoms with van der Waals surface area (Å²) in [5, 5.41) is 1.97. The standard InChI is InChI=1S/C11H12N4O/c1-8-9(14-15-5-4-12-6-15)2-3-10-11(8)13-7-16-10/h2-3,6-7,14H,4-5H2,1H3. The zero-order chi connectivity index (χ0) is 11.0. The summed E-state index contributed by atoms with van der Waals surface area (Å²) in [4.78, 5) is 8.34. The second kappa shape index (κ2) is 3.52. The first-order chi connectivity index (χ1) is 7.84. The molecule has 5 nitrogen and oxygen atoms in total. The minimum Gasteiger partial charge on any atom is -0.443 e. The first kappa shape index (κ1) is 9.21. The van der Waals surface area contributed by atoms with E-state index < -0.39 is 0 Å². The third kappa shape index (κ3) is 1.41. The molecule has 0 unspecified atom stereocenters. The average molecular weight is 216 g/mol. The largest absolute Gasteiger partial charge is 0.443 e. The highest BCUT2D eigenvalue weighted by molar-refractivity contribution is 5.82. The summed E-state index contributed by atoms with van der Waals surface area (Å²) in [5.41, 5.74) is 7.14. The number of aliphatic imine (C=N–C) groups is 1. The number of fused-ring (bicyclic) bond motifs is 1. The Bertz CT molecular complexity index is 546. The molecule has 1 aromatic carbocycles. The molecule has 0 saturated carbocycles. The molecule has 3 rings (SSSR count). The van der Waals surface area contributed by atoms with Gasteiger partial charge in [-0.3, -0.25) is 15.4 Å². The van der Waals surface area contributed by atoms with Gasteiger partial charge in [0.1, 0.15) is 11.9 Å². The molecule has 0 aliphatic carbocycles. The molecule has 2 heterocycles. The van der Waals surface area contributed by atoms with E-state index in [1.807, 2.05) is 30.4 Å². The summed E-state index contributed by atoms with van der Waals surface area (Å²) in [6.07, 6.45) is 3.28. The molecule has 5 heteroatoms. The lowest BCUT2D eigenvalue weighted by molar-refractivity contribution is 0.557. The van der Waals surface area contributed by atoms with E-state index in [0.717, 1.165) is 35.4 Å². The van der Waals surface area contributed by atoms with Gasteiger partial charge in [-0.2, -0.15) is 0 Å². The molecule has 0 bridgehead atoms. The second-order valence-corrected chi connectivity index (χ2v) is 3.76. The Hall–Kier alpha value is -2.04. The highest BCUT2D eigenvalue weighted by Gasteiger charge is 2.10. The molecule has 0 saturated heterocycles. The maximum atomic E-state index is 5.24. The van der Waals surface area contributed by atoms with Crippen LogP contribution in [0.1, 0.15) is 5.56 Å². The van der Waals surface area contributed by atoms with Gasteiger partial charge in [0.15, 0.2) is 12.0 Å². The van der Waals surface area contributed by atoms with Gasteiger partial charge in [0.2, 0.25) is 0 Å². The van der Waals surface area contributed by atoms with Gasteiger partial charge >= 0.3 is 0 Å². The van der Waals surface area contributed by atoms with E-state index in [4.69, 9.17) is 4.42 Å². The van der Waals surface area contributed by atoms with Crippen molar-refractivity contribution in [1.82, 2.24) is 9.99 Å². The van der Waals surface area contributed by atoms with Crippen LogP contribution in [0, 0.1) is 6.92 Å². The van der Waals surface area contributed by atoms with Crippen LogP contribution < -0.4 is 5.43 Å². The smallest absolute Gasteiger partial charge is 0.181 e. The van der Waals surface area contributed by atoms with Gasteiger partial charge < -0.3 is 4.42 Å². The van der Waals surface area contributed by atoms with Crippen molar-refractivity contribution in [2.45, 2.75) is 6.92 Å². The van der Waals surface area contributed by atoms with Crippen molar-refractivity contribution >= 4 is 23.1 Å². The molecule has 1 aromatic heterocycles. The van der Waals surface area contributed by atoms with Gasteiger partial charge in [-0.1, -0.05) is 0 Å². The molecule has 1 aliphatic heterocycles. The lowest BCUT2D eigenvalue weighted by Crippen LogP contribution is -2.26. The van der Waals surface area contributed by atoms with Crippen LogP contribution in [0.5, 0.6) is 0 Å². The van der Waals surface area contributed by atoms with E-state index in [1.165, 1.54) is 6.39 Å². The molecule has 0 amide bonds. The van der Waals surface area contributed by atoms with Crippen LogP contribution in [0.2, 0.25) is 0 Å². The summed E-state index contributed by atoms with van der Waals surface area (Å²) < 4.78 is 5.24. The maximum absolute atomic E-state index is 5.24. The third-order valence-corrected chi connectivity index (χ3v) is 2.71. The summed E-state index contributed by atoms with van der Waals surface area (Å²) in [6, 6.07) is 3.92. The summed E-state index contributed by atoms with van der Waals surface area (Å²) >= 11 is 0. The van der Waals surface area contributed by atoms with E-state index in [1.54, 1.807) is 0 Å². The van der Waals surface area contributed by atoms with E-state index in [9.17, 15) is 0 Å². The minimum absolute atomic E-state index is 0.818. The molecule has 82 valence electrons. The van der Waals surface area contributed by atoms with Crippen molar-refractivity contribution in [2.75, 3.05) is 18.5 Å². The average Bonchev–Trinajstić information content (AvgIpc) is 2.93. The molecular weight excluding hydrogens is 204 g/mol. The number of hydrazine groups is 1. The topological polar surface area (TPSA) is 53.7 Å². The van der Waals surface area contributed by atoms with Crippen LogP contribution in [0.3, 0.4) is 0 Å². The van der Waals surface area contributed by atoms with Gasteiger partial charge in [0, 0.05) is 5.56 Å². The van der Waals surface area contributed by atoms with Gasteiger partial charge in [-0.15, -0.1) is 0 Å². The van der Waals surface area contributed by atoms with Crippen molar-refractivity contribution in [3.05, 3.63) is 24.1 Å². The first-order valence-corrected chi connectivity index (χ1v) is 5.20. The lowest BCUT2D eigenvalue weighted by atomic mass is 10.2. The zero-order valence-corrected chi connectivity index (χ0v) is 8.97. The number of aryl methyl sites for hydroxylation is 1. The van der Waals surface area contributed by atoms with Crippen LogP contribution in [0.25, 0.3) is 11.1 Å². The second-order valence-electron chi connectivity index (χ2n) is 3.76.